The number of cyclic esters (lactones) is 1. The summed E-state index contributed by atoms with van der Waals surface area (Å²) in [6, 6.07) is 5.79. The number of hydrogen-bond donors (Lipinski definition) is 1. The minimum Gasteiger partial charge on any atom is -0.447 e. The number of carbonyl (C=O) groups excluding carboxylic acids is 2. The normalized spacial score (nSPS) is 31.9. The lowest BCUT2D eigenvalue weighted by atomic mass is 9.67. The molecule has 1 spiro atoms. The largest absolute Gasteiger partial charge is 0.447 e. The Morgan fingerprint density at radius 3 is 2.59 bits per heavy atom. The van der Waals surface area contributed by atoms with Crippen molar-refractivity contribution in [1.29, 1.82) is 0 Å². The Morgan fingerprint density at radius 1 is 1.33 bits per heavy atom. The van der Waals surface area contributed by atoms with Crippen LogP contribution in [0.15, 0.2) is 18.2 Å². The third-order valence-electron chi connectivity index (χ3n) is 6.60. The van der Waals surface area contributed by atoms with E-state index in [-0.39, 0.29) is 41.2 Å². The zero-order valence-corrected chi connectivity index (χ0v) is 16.1. The lowest BCUT2D eigenvalue weighted by molar-refractivity contribution is -0.143. The van der Waals surface area contributed by atoms with E-state index in [0.717, 1.165) is 24.0 Å². The third-order valence-corrected chi connectivity index (χ3v) is 6.60. The van der Waals surface area contributed by atoms with Gasteiger partial charge < -0.3 is 15.0 Å². The highest BCUT2D eigenvalue weighted by molar-refractivity contribution is 5.81. The maximum atomic E-state index is 14.2. The second-order valence-corrected chi connectivity index (χ2v) is 8.79. The van der Waals surface area contributed by atoms with E-state index >= 15 is 0 Å². The first-order chi connectivity index (χ1) is 12.8. The molecule has 146 valence electrons. The van der Waals surface area contributed by atoms with Crippen LogP contribution in [-0.4, -0.2) is 42.1 Å². The maximum Gasteiger partial charge on any atom is 0.407 e. The van der Waals surface area contributed by atoms with Gasteiger partial charge in [-0.3, -0.25) is 4.79 Å². The number of ether oxygens (including phenoxy) is 1. The van der Waals surface area contributed by atoms with Gasteiger partial charge in [-0.05, 0) is 54.7 Å². The maximum absolute atomic E-state index is 14.2. The number of carbonyl (C=O) groups is 2. The summed E-state index contributed by atoms with van der Waals surface area (Å²) in [5, 5.41) is 2.83. The van der Waals surface area contributed by atoms with Gasteiger partial charge in [-0.25, -0.2) is 9.18 Å². The monoisotopic (exact) mass is 374 g/mol. The Labute approximate surface area is 159 Å². The van der Waals surface area contributed by atoms with E-state index in [1.165, 1.54) is 0 Å². The molecule has 0 atom stereocenters. The number of alkyl carbamates (subject to hydrolysis) is 1. The van der Waals surface area contributed by atoms with Crippen LogP contribution in [0.4, 0.5) is 9.18 Å². The molecule has 1 N–H and O–H groups in total. The number of nitrogens with zero attached hydrogens (tertiary/aromatic N) is 1. The van der Waals surface area contributed by atoms with Crippen molar-refractivity contribution < 1.29 is 18.7 Å². The van der Waals surface area contributed by atoms with Crippen molar-refractivity contribution >= 4 is 12.0 Å². The predicted molar refractivity (Wildman–Crippen MR) is 99.0 cm³/mol. The molecule has 1 heterocycles. The van der Waals surface area contributed by atoms with E-state index in [9.17, 15) is 14.0 Å². The average Bonchev–Trinajstić information content (AvgIpc) is 2.93. The molecule has 1 saturated heterocycles. The molecule has 0 aromatic heterocycles. The molecule has 3 aliphatic rings. The van der Waals surface area contributed by atoms with E-state index < -0.39 is 0 Å². The number of rotatable bonds is 4. The minimum absolute atomic E-state index is 0.0428. The number of hydrogen-bond acceptors (Lipinski definition) is 3. The van der Waals surface area contributed by atoms with Crippen molar-refractivity contribution in [3.63, 3.8) is 0 Å². The summed E-state index contributed by atoms with van der Waals surface area (Å²) < 4.78 is 19.2. The van der Waals surface area contributed by atoms with Gasteiger partial charge in [0.2, 0.25) is 5.91 Å². The molecule has 5 nitrogen and oxygen atoms in total. The van der Waals surface area contributed by atoms with Crippen LogP contribution in [0.5, 0.6) is 0 Å². The van der Waals surface area contributed by atoms with Crippen LogP contribution in [0, 0.1) is 11.7 Å². The molecule has 1 aromatic rings. The molecule has 3 fully saturated rings. The van der Waals surface area contributed by atoms with Gasteiger partial charge in [0, 0.05) is 19.0 Å². The van der Waals surface area contributed by atoms with E-state index in [1.54, 1.807) is 6.07 Å². The second kappa shape index (κ2) is 6.50. The fourth-order valence-electron chi connectivity index (χ4n) is 4.68. The molecule has 2 saturated carbocycles. The molecule has 6 heteroatoms. The van der Waals surface area contributed by atoms with Gasteiger partial charge in [0.1, 0.15) is 12.4 Å². The Kier molecular flexibility index (Phi) is 4.40. The molecule has 1 aromatic carbocycles. The molecular weight excluding hydrogens is 347 g/mol. The van der Waals surface area contributed by atoms with E-state index in [4.69, 9.17) is 4.74 Å². The van der Waals surface area contributed by atoms with E-state index in [2.05, 4.69) is 5.32 Å². The van der Waals surface area contributed by atoms with Crippen LogP contribution < -0.4 is 5.32 Å². The lowest BCUT2D eigenvalue weighted by Gasteiger charge is -2.47. The fourth-order valence-corrected chi connectivity index (χ4v) is 4.68. The van der Waals surface area contributed by atoms with Crippen molar-refractivity contribution in [3.05, 3.63) is 35.1 Å². The standard InChI is InChI=1S/C21H27FN2O3/c1-12(2)17-5-4-13(8-18(17)22)14-6-16(7-14)24(3)19(25)15-9-21(10-15)11-27-20(26)23-21/h4-5,8,12,14-16H,6-7,9-11H2,1-3H3,(H,23,26). The Balaban J connectivity index is 1.30. The first-order valence-electron chi connectivity index (χ1n) is 9.79. The molecule has 0 bridgehead atoms. The van der Waals surface area contributed by atoms with Gasteiger partial charge in [0.15, 0.2) is 0 Å². The number of nitrogens with one attached hydrogen (secondary N) is 1. The molecule has 2 aliphatic carbocycles. The summed E-state index contributed by atoms with van der Waals surface area (Å²) in [6.07, 6.45) is 2.67. The topological polar surface area (TPSA) is 58.6 Å². The van der Waals surface area contributed by atoms with Crippen LogP contribution in [0.1, 0.15) is 62.5 Å². The van der Waals surface area contributed by atoms with Gasteiger partial charge in [-0.15, -0.1) is 0 Å². The highest BCUT2D eigenvalue weighted by Gasteiger charge is 2.53. The zero-order chi connectivity index (χ0) is 19.3. The summed E-state index contributed by atoms with van der Waals surface area (Å²) in [7, 11) is 1.86. The molecule has 27 heavy (non-hydrogen) atoms. The smallest absolute Gasteiger partial charge is 0.407 e. The third kappa shape index (κ3) is 3.19. The summed E-state index contributed by atoms with van der Waals surface area (Å²) in [4.78, 5) is 25.8. The van der Waals surface area contributed by atoms with Crippen LogP contribution in [-0.2, 0) is 9.53 Å². The quantitative estimate of drug-likeness (QED) is 0.877. The second-order valence-electron chi connectivity index (χ2n) is 8.79. The van der Waals surface area contributed by atoms with Crippen LogP contribution in [0.3, 0.4) is 0 Å². The first-order valence-corrected chi connectivity index (χ1v) is 9.79. The molecule has 0 radical (unpaired) electrons. The molecule has 1 aliphatic heterocycles. The molecule has 2 amide bonds. The summed E-state index contributed by atoms with van der Waals surface area (Å²) in [6.45, 7) is 4.35. The summed E-state index contributed by atoms with van der Waals surface area (Å²) >= 11 is 0. The van der Waals surface area contributed by atoms with Crippen molar-refractivity contribution in [3.8, 4) is 0 Å². The fraction of sp³-hybridized carbons (Fsp3) is 0.619. The number of benzene rings is 1. The highest BCUT2D eigenvalue weighted by atomic mass is 19.1. The van der Waals surface area contributed by atoms with Crippen molar-refractivity contribution in [1.82, 2.24) is 10.2 Å². The Morgan fingerprint density at radius 2 is 2.04 bits per heavy atom. The minimum atomic E-state index is -0.383. The Bertz CT molecular complexity index is 767. The van der Waals surface area contributed by atoms with Gasteiger partial charge in [-0.1, -0.05) is 26.0 Å². The van der Waals surface area contributed by atoms with Crippen molar-refractivity contribution in [2.75, 3.05) is 13.7 Å². The van der Waals surface area contributed by atoms with Crippen molar-refractivity contribution in [2.45, 2.75) is 62.9 Å². The van der Waals surface area contributed by atoms with Crippen LogP contribution in [0.25, 0.3) is 0 Å². The summed E-state index contributed by atoms with van der Waals surface area (Å²) in [5.41, 5.74) is 1.46. The van der Waals surface area contributed by atoms with E-state index in [0.29, 0.717) is 25.4 Å². The zero-order valence-electron chi connectivity index (χ0n) is 16.1. The summed E-state index contributed by atoms with van der Waals surface area (Å²) in [5.74, 6) is 0.468. The van der Waals surface area contributed by atoms with Crippen LogP contribution in [0.2, 0.25) is 0 Å². The molecular formula is C21H27FN2O3. The van der Waals surface area contributed by atoms with Gasteiger partial charge in [0.05, 0.1) is 5.54 Å². The molecule has 0 unspecified atom stereocenters. The first kappa shape index (κ1) is 18.3. The average molecular weight is 374 g/mol. The van der Waals surface area contributed by atoms with Crippen LogP contribution >= 0.6 is 0 Å². The van der Waals surface area contributed by atoms with Gasteiger partial charge in [-0.2, -0.15) is 0 Å². The Hall–Kier alpha value is -2.11. The van der Waals surface area contributed by atoms with Gasteiger partial charge in [0.25, 0.3) is 0 Å². The lowest BCUT2D eigenvalue weighted by Crippen LogP contribution is -2.59. The highest BCUT2D eigenvalue weighted by Crippen LogP contribution is 2.44. The number of amides is 2. The van der Waals surface area contributed by atoms with Gasteiger partial charge >= 0.3 is 6.09 Å². The number of halogens is 1. The van der Waals surface area contributed by atoms with E-state index in [1.807, 2.05) is 37.9 Å². The molecule has 4 rings (SSSR count). The SMILES string of the molecule is CC(C)c1ccc(C2CC(N(C)C(=O)C3CC4(COC(=O)N4)C3)C2)cc1F. The predicted octanol–water partition coefficient (Wildman–Crippen LogP) is 3.54. The van der Waals surface area contributed by atoms with Crippen molar-refractivity contribution in [2.24, 2.45) is 5.92 Å².